The molecule has 0 radical (unpaired) electrons. The molecule has 0 aliphatic heterocycles. The number of para-hydroxylation sites is 1. The van der Waals surface area contributed by atoms with Gasteiger partial charge in [0.25, 0.3) is 5.91 Å². The fourth-order valence-electron chi connectivity index (χ4n) is 3.18. The zero-order valence-electron chi connectivity index (χ0n) is 17.3. The van der Waals surface area contributed by atoms with Gasteiger partial charge in [0, 0.05) is 12.2 Å². The monoisotopic (exact) mass is 419 g/mol. The second-order valence-electron chi connectivity index (χ2n) is 7.02. The topological polar surface area (TPSA) is 96.5 Å². The Bertz CT molecular complexity index is 1050. The van der Waals surface area contributed by atoms with Gasteiger partial charge < -0.3 is 20.7 Å². The van der Waals surface area contributed by atoms with Crippen LogP contribution < -0.4 is 16.0 Å². The van der Waals surface area contributed by atoms with E-state index in [2.05, 4.69) is 16.0 Å². The molecule has 0 aromatic heterocycles. The van der Waals surface area contributed by atoms with Crippen LogP contribution in [0.3, 0.4) is 0 Å². The van der Waals surface area contributed by atoms with Gasteiger partial charge in [-0.3, -0.25) is 9.59 Å². The zero-order chi connectivity index (χ0) is 22.1. The standard InChI is InChI=1S/C24H25N3O4/c1-17(20-13-7-9-18-8-5-6-12-21(18)20)26-22(28)16-31-23(29)14-15-25-24(30)27-19-10-3-2-4-11-19/h2-13,17H,14-16H2,1H3,(H,26,28)(H2,25,27,30)/t17-/m0/s1. The first-order chi connectivity index (χ1) is 15.0. The van der Waals surface area contributed by atoms with Gasteiger partial charge in [-0.15, -0.1) is 0 Å². The zero-order valence-corrected chi connectivity index (χ0v) is 17.3. The molecule has 3 rings (SSSR count). The lowest BCUT2D eigenvalue weighted by Gasteiger charge is -2.16. The normalized spacial score (nSPS) is 11.4. The Morgan fingerprint density at radius 2 is 1.61 bits per heavy atom. The Labute approximate surface area is 180 Å². The van der Waals surface area contributed by atoms with Crippen molar-refractivity contribution in [1.29, 1.82) is 0 Å². The summed E-state index contributed by atoms with van der Waals surface area (Å²) >= 11 is 0. The van der Waals surface area contributed by atoms with Gasteiger partial charge in [0.1, 0.15) is 0 Å². The molecular weight excluding hydrogens is 394 g/mol. The number of hydrogen-bond acceptors (Lipinski definition) is 4. The van der Waals surface area contributed by atoms with Crippen LogP contribution in [-0.2, 0) is 14.3 Å². The SMILES string of the molecule is C[C@H](NC(=O)COC(=O)CCNC(=O)Nc1ccccc1)c1cccc2ccccc12. The van der Waals surface area contributed by atoms with Gasteiger partial charge in [-0.25, -0.2) is 4.79 Å². The summed E-state index contributed by atoms with van der Waals surface area (Å²) in [6.07, 6.45) is -0.0334. The molecule has 3 aromatic rings. The predicted molar refractivity (Wildman–Crippen MR) is 120 cm³/mol. The summed E-state index contributed by atoms with van der Waals surface area (Å²) in [6, 6.07) is 22.2. The van der Waals surface area contributed by atoms with Crippen LogP contribution in [0, 0.1) is 0 Å². The van der Waals surface area contributed by atoms with Crippen molar-refractivity contribution in [3.05, 3.63) is 78.4 Å². The summed E-state index contributed by atoms with van der Waals surface area (Å²) in [5.41, 5.74) is 1.64. The van der Waals surface area contributed by atoms with Crippen molar-refractivity contribution in [2.75, 3.05) is 18.5 Å². The number of rotatable bonds is 8. The molecule has 0 saturated heterocycles. The second-order valence-corrected chi connectivity index (χ2v) is 7.02. The molecule has 0 aliphatic rings. The van der Waals surface area contributed by atoms with E-state index in [-0.39, 0.29) is 31.5 Å². The molecule has 160 valence electrons. The number of hydrogen-bond donors (Lipinski definition) is 3. The van der Waals surface area contributed by atoms with E-state index in [1.165, 1.54) is 0 Å². The van der Waals surface area contributed by atoms with Gasteiger partial charge in [0.05, 0.1) is 12.5 Å². The minimum absolute atomic E-state index is 0.0334. The number of anilines is 1. The highest BCUT2D eigenvalue weighted by atomic mass is 16.5. The van der Waals surface area contributed by atoms with Gasteiger partial charge in [0.15, 0.2) is 6.61 Å². The fraction of sp³-hybridized carbons (Fsp3) is 0.208. The first-order valence-corrected chi connectivity index (χ1v) is 10.1. The van der Waals surface area contributed by atoms with Crippen LogP contribution in [0.5, 0.6) is 0 Å². The number of urea groups is 1. The molecule has 0 spiro atoms. The van der Waals surface area contributed by atoms with Crippen LogP contribution in [0.4, 0.5) is 10.5 Å². The lowest BCUT2D eigenvalue weighted by Crippen LogP contribution is -2.33. The quantitative estimate of drug-likeness (QED) is 0.484. The van der Waals surface area contributed by atoms with Crippen LogP contribution in [-0.4, -0.2) is 31.1 Å². The predicted octanol–water partition coefficient (Wildman–Crippen LogP) is 3.77. The Hall–Kier alpha value is -3.87. The molecule has 7 heteroatoms. The molecule has 0 unspecified atom stereocenters. The summed E-state index contributed by atoms with van der Waals surface area (Å²) in [6.45, 7) is 1.62. The van der Waals surface area contributed by atoms with Crippen molar-refractivity contribution in [2.45, 2.75) is 19.4 Å². The number of benzene rings is 3. The third-order valence-electron chi connectivity index (χ3n) is 4.68. The van der Waals surface area contributed by atoms with Crippen LogP contribution in [0.15, 0.2) is 72.8 Å². The molecule has 3 aromatic carbocycles. The van der Waals surface area contributed by atoms with E-state index in [4.69, 9.17) is 4.74 Å². The Kier molecular flexibility index (Phi) is 7.59. The summed E-state index contributed by atoms with van der Waals surface area (Å²) in [4.78, 5) is 35.8. The fourth-order valence-corrected chi connectivity index (χ4v) is 3.18. The Morgan fingerprint density at radius 1 is 0.903 bits per heavy atom. The number of carbonyl (C=O) groups excluding carboxylic acids is 3. The third-order valence-corrected chi connectivity index (χ3v) is 4.68. The van der Waals surface area contributed by atoms with E-state index >= 15 is 0 Å². The molecule has 7 nitrogen and oxygen atoms in total. The van der Waals surface area contributed by atoms with Crippen LogP contribution in [0.25, 0.3) is 10.8 Å². The summed E-state index contributed by atoms with van der Waals surface area (Å²) in [5.74, 6) is -0.948. The van der Waals surface area contributed by atoms with Crippen molar-refractivity contribution < 1.29 is 19.1 Å². The summed E-state index contributed by atoms with van der Waals surface area (Å²) < 4.78 is 5.01. The van der Waals surface area contributed by atoms with Crippen LogP contribution in [0.2, 0.25) is 0 Å². The minimum atomic E-state index is -0.562. The Balaban J connectivity index is 1.38. The molecule has 0 fully saturated rings. The van der Waals surface area contributed by atoms with Crippen LogP contribution in [0.1, 0.15) is 24.9 Å². The van der Waals surface area contributed by atoms with E-state index in [1.54, 1.807) is 24.3 Å². The maximum absolute atomic E-state index is 12.2. The average molecular weight is 419 g/mol. The number of nitrogens with one attached hydrogen (secondary N) is 3. The minimum Gasteiger partial charge on any atom is -0.456 e. The summed E-state index contributed by atoms with van der Waals surface area (Å²) in [7, 11) is 0. The van der Waals surface area contributed by atoms with Crippen molar-refractivity contribution in [1.82, 2.24) is 10.6 Å². The molecule has 0 heterocycles. The lowest BCUT2D eigenvalue weighted by atomic mass is 10.00. The second kappa shape index (κ2) is 10.8. The van der Waals surface area contributed by atoms with E-state index in [0.717, 1.165) is 16.3 Å². The third kappa shape index (κ3) is 6.57. The lowest BCUT2D eigenvalue weighted by molar-refractivity contribution is -0.148. The number of fused-ring (bicyclic) bond motifs is 1. The van der Waals surface area contributed by atoms with E-state index in [9.17, 15) is 14.4 Å². The van der Waals surface area contributed by atoms with E-state index in [0.29, 0.717) is 5.69 Å². The molecule has 3 N–H and O–H groups in total. The van der Waals surface area contributed by atoms with Crippen molar-refractivity contribution in [3.63, 3.8) is 0 Å². The van der Waals surface area contributed by atoms with Gasteiger partial charge in [-0.05, 0) is 35.4 Å². The average Bonchev–Trinajstić information content (AvgIpc) is 2.78. The number of esters is 1. The van der Waals surface area contributed by atoms with Gasteiger partial charge in [0.2, 0.25) is 0 Å². The molecule has 1 atom stereocenters. The highest BCUT2D eigenvalue weighted by Crippen LogP contribution is 2.23. The first-order valence-electron chi connectivity index (χ1n) is 10.1. The van der Waals surface area contributed by atoms with Gasteiger partial charge in [-0.2, -0.15) is 0 Å². The first kappa shape index (κ1) is 21.8. The smallest absolute Gasteiger partial charge is 0.319 e. The molecular formula is C24H25N3O4. The molecule has 31 heavy (non-hydrogen) atoms. The van der Waals surface area contributed by atoms with Crippen LogP contribution >= 0.6 is 0 Å². The molecule has 0 aliphatic carbocycles. The van der Waals surface area contributed by atoms with Crippen molar-refractivity contribution >= 4 is 34.4 Å². The molecule has 0 saturated carbocycles. The Morgan fingerprint density at radius 3 is 2.42 bits per heavy atom. The molecule has 0 bridgehead atoms. The number of amides is 3. The van der Waals surface area contributed by atoms with Crippen molar-refractivity contribution in [2.24, 2.45) is 0 Å². The van der Waals surface area contributed by atoms with Crippen molar-refractivity contribution in [3.8, 4) is 0 Å². The number of ether oxygens (including phenoxy) is 1. The highest BCUT2D eigenvalue weighted by Gasteiger charge is 2.14. The van der Waals surface area contributed by atoms with Gasteiger partial charge in [-0.1, -0.05) is 60.7 Å². The van der Waals surface area contributed by atoms with E-state index in [1.807, 2.05) is 55.5 Å². The van der Waals surface area contributed by atoms with Gasteiger partial charge >= 0.3 is 12.0 Å². The van der Waals surface area contributed by atoms with E-state index < -0.39 is 12.0 Å². The number of carbonyl (C=O) groups is 3. The maximum Gasteiger partial charge on any atom is 0.319 e. The highest BCUT2D eigenvalue weighted by molar-refractivity contribution is 5.89. The molecule has 3 amide bonds. The summed E-state index contributed by atoms with van der Waals surface area (Å²) in [5, 5.41) is 10.2. The largest absolute Gasteiger partial charge is 0.456 e. The maximum atomic E-state index is 12.2.